The van der Waals surface area contributed by atoms with Crippen molar-refractivity contribution in [2.45, 2.75) is 12.5 Å². The highest BCUT2D eigenvalue weighted by Gasteiger charge is 2.43. The molecule has 2 saturated heterocycles. The summed E-state index contributed by atoms with van der Waals surface area (Å²) in [6.45, 7) is 3.08. The average molecular weight is 430 g/mol. The Morgan fingerprint density at radius 3 is 2.21 bits per heavy atom. The van der Waals surface area contributed by atoms with Crippen LogP contribution in [0.25, 0.3) is 6.08 Å². The van der Waals surface area contributed by atoms with Crippen LogP contribution >= 0.6 is 23.2 Å². The monoisotopic (exact) mass is 429 g/mol. The van der Waals surface area contributed by atoms with Gasteiger partial charge in [0.25, 0.3) is 5.91 Å². The number of benzene rings is 2. The first-order chi connectivity index (χ1) is 14.0. The molecule has 2 amide bonds. The molecular formula is C22H21Cl2N3O2. The van der Waals surface area contributed by atoms with E-state index in [0.29, 0.717) is 15.7 Å². The zero-order chi connectivity index (χ0) is 20.4. The van der Waals surface area contributed by atoms with Crippen molar-refractivity contribution >= 4 is 46.8 Å². The first kappa shape index (κ1) is 20.0. The lowest BCUT2D eigenvalue weighted by Crippen LogP contribution is -2.51. The maximum atomic E-state index is 13.0. The average Bonchev–Trinajstić information content (AvgIpc) is 3.01. The Labute approximate surface area is 180 Å². The van der Waals surface area contributed by atoms with Crippen molar-refractivity contribution in [3.05, 3.63) is 70.3 Å². The number of imide groups is 1. The molecular weight excluding hydrogens is 409 g/mol. The van der Waals surface area contributed by atoms with Crippen molar-refractivity contribution < 1.29 is 9.59 Å². The molecule has 0 unspecified atom stereocenters. The molecule has 2 aromatic rings. The fourth-order valence-corrected chi connectivity index (χ4v) is 4.31. The van der Waals surface area contributed by atoms with Crippen LogP contribution in [0, 0.1) is 0 Å². The van der Waals surface area contributed by atoms with Crippen LogP contribution < -0.4 is 4.90 Å². The van der Waals surface area contributed by atoms with E-state index in [1.807, 2.05) is 18.2 Å². The fourth-order valence-electron chi connectivity index (χ4n) is 3.79. The maximum absolute atomic E-state index is 13.0. The molecule has 2 aromatic carbocycles. The van der Waals surface area contributed by atoms with E-state index in [9.17, 15) is 9.59 Å². The van der Waals surface area contributed by atoms with E-state index in [1.54, 1.807) is 18.2 Å². The SMILES string of the molecule is O=C1C[C@@H](N2CCN(/C=C/c3ccccc3)CC2)C(=O)N1c1cc(Cl)cc(Cl)c1. The molecule has 0 aromatic heterocycles. The number of piperazine rings is 1. The lowest BCUT2D eigenvalue weighted by Gasteiger charge is -2.36. The van der Waals surface area contributed by atoms with Crippen LogP contribution in [0.2, 0.25) is 10.0 Å². The Morgan fingerprint density at radius 1 is 0.897 bits per heavy atom. The number of carbonyl (C=O) groups is 2. The number of amides is 2. The van der Waals surface area contributed by atoms with E-state index < -0.39 is 6.04 Å². The highest BCUT2D eigenvalue weighted by atomic mass is 35.5. The third-order valence-corrected chi connectivity index (χ3v) is 5.73. The first-order valence-electron chi connectivity index (χ1n) is 9.55. The van der Waals surface area contributed by atoms with Crippen LogP contribution in [-0.4, -0.2) is 53.8 Å². The van der Waals surface area contributed by atoms with Crippen molar-refractivity contribution in [3.8, 4) is 0 Å². The summed E-state index contributed by atoms with van der Waals surface area (Å²) in [7, 11) is 0. The second kappa shape index (κ2) is 8.57. The van der Waals surface area contributed by atoms with Crippen LogP contribution in [0.5, 0.6) is 0 Å². The zero-order valence-electron chi connectivity index (χ0n) is 15.8. The van der Waals surface area contributed by atoms with Crippen LogP contribution in [-0.2, 0) is 9.59 Å². The number of hydrogen-bond acceptors (Lipinski definition) is 4. The van der Waals surface area contributed by atoms with Gasteiger partial charge in [-0.3, -0.25) is 14.5 Å². The highest BCUT2D eigenvalue weighted by molar-refractivity contribution is 6.35. The molecule has 5 nitrogen and oxygen atoms in total. The number of carbonyl (C=O) groups excluding carboxylic acids is 2. The van der Waals surface area contributed by atoms with Crippen molar-refractivity contribution in [1.29, 1.82) is 0 Å². The number of nitrogens with zero attached hydrogens (tertiary/aromatic N) is 3. The van der Waals surface area contributed by atoms with Gasteiger partial charge in [-0.2, -0.15) is 0 Å². The van der Waals surface area contributed by atoms with Crippen molar-refractivity contribution in [3.63, 3.8) is 0 Å². The third kappa shape index (κ3) is 4.47. The Morgan fingerprint density at radius 2 is 1.55 bits per heavy atom. The summed E-state index contributed by atoms with van der Waals surface area (Å²) < 4.78 is 0. The molecule has 0 radical (unpaired) electrons. The minimum absolute atomic E-state index is 0.183. The van der Waals surface area contributed by atoms with Gasteiger partial charge in [0.2, 0.25) is 5.91 Å². The summed E-state index contributed by atoms with van der Waals surface area (Å²) >= 11 is 12.1. The van der Waals surface area contributed by atoms with Crippen LogP contribution in [0.15, 0.2) is 54.7 Å². The largest absolute Gasteiger partial charge is 0.375 e. The molecule has 0 N–H and O–H groups in total. The van der Waals surface area contributed by atoms with E-state index >= 15 is 0 Å². The quantitative estimate of drug-likeness (QED) is 0.690. The van der Waals surface area contributed by atoms with Gasteiger partial charge in [-0.05, 0) is 36.0 Å². The summed E-state index contributed by atoms with van der Waals surface area (Å²) in [4.78, 5) is 31.1. The van der Waals surface area contributed by atoms with Gasteiger partial charge in [0, 0.05) is 36.2 Å². The molecule has 4 rings (SSSR count). The third-order valence-electron chi connectivity index (χ3n) is 5.30. The lowest BCUT2D eigenvalue weighted by molar-refractivity contribution is -0.123. The molecule has 1 atom stereocenters. The Kier molecular flexibility index (Phi) is 5.90. The van der Waals surface area contributed by atoms with Crippen LogP contribution in [0.3, 0.4) is 0 Å². The zero-order valence-corrected chi connectivity index (χ0v) is 17.3. The van der Waals surface area contributed by atoms with E-state index in [2.05, 4.69) is 34.2 Å². The van der Waals surface area contributed by atoms with Crippen molar-refractivity contribution in [2.75, 3.05) is 31.1 Å². The Bertz CT molecular complexity index is 920. The predicted molar refractivity (Wildman–Crippen MR) is 116 cm³/mol. The van der Waals surface area contributed by atoms with Crippen LogP contribution in [0.1, 0.15) is 12.0 Å². The minimum atomic E-state index is -0.430. The molecule has 7 heteroatoms. The molecule has 2 heterocycles. The van der Waals surface area contributed by atoms with Gasteiger partial charge in [-0.15, -0.1) is 0 Å². The minimum Gasteiger partial charge on any atom is -0.375 e. The number of rotatable bonds is 4. The molecule has 0 spiro atoms. The lowest BCUT2D eigenvalue weighted by atomic mass is 10.1. The molecule has 2 fully saturated rings. The number of anilines is 1. The molecule has 150 valence electrons. The first-order valence-corrected chi connectivity index (χ1v) is 10.3. The van der Waals surface area contributed by atoms with E-state index in [4.69, 9.17) is 23.2 Å². The standard InChI is InChI=1S/C22H21Cl2N3O2/c23-17-12-18(24)14-19(13-17)27-21(28)15-20(22(27)29)26-10-8-25(9-11-26)7-6-16-4-2-1-3-5-16/h1-7,12-14,20H,8-11,15H2/b7-6+/t20-/m1/s1. The summed E-state index contributed by atoms with van der Waals surface area (Å²) in [5.74, 6) is -0.425. The van der Waals surface area contributed by atoms with Gasteiger partial charge in [-0.1, -0.05) is 53.5 Å². The summed E-state index contributed by atoms with van der Waals surface area (Å²) in [5, 5.41) is 0.797. The normalized spacial score (nSPS) is 20.8. The smallest absolute Gasteiger partial charge is 0.251 e. The summed E-state index contributed by atoms with van der Waals surface area (Å²) in [5.41, 5.74) is 1.59. The fraction of sp³-hybridized carbons (Fsp3) is 0.273. The second-order valence-corrected chi connectivity index (χ2v) is 8.09. The van der Waals surface area contributed by atoms with Gasteiger partial charge < -0.3 is 4.90 Å². The Balaban J connectivity index is 1.39. The highest BCUT2D eigenvalue weighted by Crippen LogP contribution is 2.31. The topological polar surface area (TPSA) is 43.9 Å². The number of hydrogen-bond donors (Lipinski definition) is 0. The second-order valence-electron chi connectivity index (χ2n) is 7.21. The van der Waals surface area contributed by atoms with Gasteiger partial charge in [0.1, 0.15) is 0 Å². The molecule has 2 aliphatic rings. The Hall–Kier alpha value is -2.34. The van der Waals surface area contributed by atoms with Gasteiger partial charge in [0.05, 0.1) is 18.2 Å². The number of halogens is 2. The van der Waals surface area contributed by atoms with E-state index in [1.165, 1.54) is 4.90 Å². The molecule has 0 saturated carbocycles. The van der Waals surface area contributed by atoms with Crippen LogP contribution in [0.4, 0.5) is 5.69 Å². The van der Waals surface area contributed by atoms with E-state index in [-0.39, 0.29) is 18.2 Å². The van der Waals surface area contributed by atoms with Crippen molar-refractivity contribution in [1.82, 2.24) is 9.80 Å². The molecule has 29 heavy (non-hydrogen) atoms. The maximum Gasteiger partial charge on any atom is 0.251 e. The predicted octanol–water partition coefficient (Wildman–Crippen LogP) is 3.91. The van der Waals surface area contributed by atoms with Gasteiger partial charge >= 0.3 is 0 Å². The van der Waals surface area contributed by atoms with Crippen molar-refractivity contribution in [2.24, 2.45) is 0 Å². The molecule has 0 aliphatic carbocycles. The van der Waals surface area contributed by atoms with E-state index in [0.717, 1.165) is 31.7 Å². The molecule has 2 aliphatic heterocycles. The summed E-state index contributed by atoms with van der Waals surface area (Å²) in [6.07, 6.45) is 4.36. The molecule has 0 bridgehead atoms. The van der Waals surface area contributed by atoms with Gasteiger partial charge in [-0.25, -0.2) is 4.90 Å². The van der Waals surface area contributed by atoms with Gasteiger partial charge in [0.15, 0.2) is 0 Å². The summed E-state index contributed by atoms with van der Waals surface area (Å²) in [6, 6.07) is 14.5.